The molecule has 0 aromatic carbocycles. The molecule has 0 amide bonds. The zero-order chi connectivity index (χ0) is 12.4. The molecule has 0 aliphatic heterocycles. The van der Waals surface area contributed by atoms with E-state index in [1.807, 2.05) is 0 Å². The highest BCUT2D eigenvalue weighted by molar-refractivity contribution is 7.57. The SMILES string of the molecule is CCOP(=O)(/C=C/CCOC(C)=O)OCC. The molecular formula is C10H19O5P. The molecule has 6 heteroatoms. The van der Waals surface area contributed by atoms with E-state index in [9.17, 15) is 9.36 Å². The second kappa shape index (κ2) is 8.50. The molecule has 0 aromatic heterocycles. The summed E-state index contributed by atoms with van der Waals surface area (Å²) in [6.07, 6.45) is 2.12. The molecule has 0 N–H and O–H groups in total. The van der Waals surface area contributed by atoms with Gasteiger partial charge in [0.15, 0.2) is 0 Å². The van der Waals surface area contributed by atoms with E-state index in [0.717, 1.165) is 0 Å². The average Bonchev–Trinajstić information content (AvgIpc) is 2.17. The maximum Gasteiger partial charge on any atom is 0.353 e. The van der Waals surface area contributed by atoms with Gasteiger partial charge in [0.05, 0.1) is 19.8 Å². The van der Waals surface area contributed by atoms with E-state index in [0.29, 0.717) is 19.6 Å². The Labute approximate surface area is 96.3 Å². The van der Waals surface area contributed by atoms with Crippen LogP contribution in [0.3, 0.4) is 0 Å². The summed E-state index contributed by atoms with van der Waals surface area (Å²) in [7, 11) is -3.10. The van der Waals surface area contributed by atoms with Crippen LogP contribution >= 0.6 is 7.60 Å². The van der Waals surface area contributed by atoms with E-state index in [2.05, 4.69) is 0 Å². The Hall–Kier alpha value is -0.640. The third-order valence-corrected chi connectivity index (χ3v) is 3.31. The highest BCUT2D eigenvalue weighted by atomic mass is 31.2. The lowest BCUT2D eigenvalue weighted by Crippen LogP contribution is -1.99. The molecule has 0 rings (SSSR count). The topological polar surface area (TPSA) is 61.8 Å². The van der Waals surface area contributed by atoms with E-state index in [4.69, 9.17) is 13.8 Å². The van der Waals surface area contributed by atoms with E-state index < -0.39 is 7.60 Å². The van der Waals surface area contributed by atoms with Gasteiger partial charge in [-0.2, -0.15) is 0 Å². The quantitative estimate of drug-likeness (QED) is 0.376. The maximum atomic E-state index is 11.9. The van der Waals surface area contributed by atoms with Gasteiger partial charge in [-0.25, -0.2) is 0 Å². The number of hydrogen-bond acceptors (Lipinski definition) is 5. The van der Waals surface area contributed by atoms with Crippen LogP contribution in [-0.4, -0.2) is 25.8 Å². The van der Waals surface area contributed by atoms with Gasteiger partial charge in [0.1, 0.15) is 0 Å². The lowest BCUT2D eigenvalue weighted by atomic mass is 10.4. The molecule has 5 nitrogen and oxygen atoms in total. The summed E-state index contributed by atoms with van der Waals surface area (Å²) in [5.74, 6) is 1.08. The van der Waals surface area contributed by atoms with Crippen molar-refractivity contribution in [3.05, 3.63) is 11.9 Å². The third kappa shape index (κ3) is 7.63. The molecule has 0 aliphatic carbocycles. The van der Waals surface area contributed by atoms with Gasteiger partial charge in [-0.15, -0.1) is 0 Å². The van der Waals surface area contributed by atoms with Crippen molar-refractivity contribution in [2.24, 2.45) is 0 Å². The Balaban J connectivity index is 4.03. The van der Waals surface area contributed by atoms with Crippen molar-refractivity contribution in [3.8, 4) is 0 Å². The molecule has 0 bridgehead atoms. The highest BCUT2D eigenvalue weighted by Gasteiger charge is 2.18. The second-order valence-corrected chi connectivity index (χ2v) is 4.78. The average molecular weight is 250 g/mol. The van der Waals surface area contributed by atoms with Gasteiger partial charge in [0.25, 0.3) is 0 Å². The predicted octanol–water partition coefficient (Wildman–Crippen LogP) is 2.72. The standard InChI is InChI=1S/C10H19O5P/c1-4-14-16(12,15-5-2)9-7-6-8-13-10(3)11/h7,9H,4-6,8H2,1-3H3/b9-7+. The summed E-state index contributed by atoms with van der Waals surface area (Å²) < 4.78 is 26.7. The Morgan fingerprint density at radius 3 is 2.25 bits per heavy atom. The van der Waals surface area contributed by atoms with Gasteiger partial charge in [-0.05, 0) is 13.8 Å². The Bertz CT molecular complexity index is 264. The molecule has 0 spiro atoms. The van der Waals surface area contributed by atoms with E-state index in [1.54, 1.807) is 19.9 Å². The normalized spacial score (nSPS) is 11.9. The lowest BCUT2D eigenvalue weighted by molar-refractivity contribution is -0.140. The molecule has 0 atom stereocenters. The summed E-state index contributed by atoms with van der Waals surface area (Å²) in [5.41, 5.74) is 0. The van der Waals surface area contributed by atoms with E-state index in [-0.39, 0.29) is 12.6 Å². The Kier molecular flexibility index (Phi) is 8.16. The molecule has 0 unspecified atom stereocenters. The molecule has 0 aliphatic rings. The van der Waals surface area contributed by atoms with Crippen LogP contribution in [0.25, 0.3) is 0 Å². The second-order valence-electron chi connectivity index (χ2n) is 2.89. The third-order valence-electron chi connectivity index (χ3n) is 1.50. The van der Waals surface area contributed by atoms with E-state index in [1.165, 1.54) is 12.7 Å². The minimum Gasteiger partial charge on any atom is -0.466 e. The minimum absolute atomic E-state index is 0.268. The van der Waals surface area contributed by atoms with Gasteiger partial charge in [-0.3, -0.25) is 9.36 Å². The Morgan fingerprint density at radius 2 is 1.81 bits per heavy atom. The molecular weight excluding hydrogens is 231 g/mol. The monoisotopic (exact) mass is 250 g/mol. The first-order valence-corrected chi connectivity index (χ1v) is 6.85. The first-order chi connectivity index (χ1) is 7.54. The number of ether oxygens (including phenoxy) is 1. The number of rotatable bonds is 8. The summed E-state index contributed by atoms with van der Waals surface area (Å²) in [6, 6.07) is 0. The molecule has 0 saturated heterocycles. The predicted molar refractivity (Wildman–Crippen MR) is 61.2 cm³/mol. The van der Waals surface area contributed by atoms with Gasteiger partial charge in [0, 0.05) is 19.2 Å². The van der Waals surface area contributed by atoms with Crippen molar-refractivity contribution in [3.63, 3.8) is 0 Å². The molecule has 16 heavy (non-hydrogen) atoms. The number of hydrogen-bond donors (Lipinski definition) is 0. The van der Waals surface area contributed by atoms with Gasteiger partial charge >= 0.3 is 13.6 Å². The van der Waals surface area contributed by atoms with Crippen LogP contribution in [-0.2, 0) is 23.1 Å². The fourth-order valence-corrected chi connectivity index (χ4v) is 2.33. The number of esters is 1. The minimum atomic E-state index is -3.10. The van der Waals surface area contributed by atoms with Crippen LogP contribution in [0.2, 0.25) is 0 Å². The van der Waals surface area contributed by atoms with Gasteiger partial charge in [0.2, 0.25) is 0 Å². The largest absolute Gasteiger partial charge is 0.466 e. The van der Waals surface area contributed by atoms with Crippen LogP contribution in [0, 0.1) is 0 Å². The van der Waals surface area contributed by atoms with Crippen molar-refractivity contribution in [1.29, 1.82) is 0 Å². The van der Waals surface area contributed by atoms with Crippen molar-refractivity contribution < 1.29 is 23.1 Å². The molecule has 94 valence electrons. The van der Waals surface area contributed by atoms with Crippen LogP contribution in [0.15, 0.2) is 11.9 Å². The first-order valence-electron chi connectivity index (χ1n) is 5.24. The number of carbonyl (C=O) groups is 1. The summed E-state index contributed by atoms with van der Waals surface area (Å²) in [6.45, 7) is 5.76. The Morgan fingerprint density at radius 1 is 1.25 bits per heavy atom. The van der Waals surface area contributed by atoms with E-state index >= 15 is 0 Å². The summed E-state index contributed by atoms with van der Waals surface area (Å²) >= 11 is 0. The zero-order valence-electron chi connectivity index (χ0n) is 9.97. The van der Waals surface area contributed by atoms with Gasteiger partial charge in [-0.1, -0.05) is 6.08 Å². The van der Waals surface area contributed by atoms with Crippen molar-refractivity contribution in [2.75, 3.05) is 19.8 Å². The molecule has 0 saturated carbocycles. The fraction of sp³-hybridized carbons (Fsp3) is 0.700. The summed E-state index contributed by atoms with van der Waals surface area (Å²) in [4.78, 5) is 10.5. The smallest absolute Gasteiger partial charge is 0.353 e. The molecule has 0 heterocycles. The van der Waals surface area contributed by atoms with Gasteiger partial charge < -0.3 is 13.8 Å². The fourth-order valence-electron chi connectivity index (χ4n) is 0.958. The number of carbonyl (C=O) groups excluding carboxylic acids is 1. The molecule has 0 radical (unpaired) electrons. The van der Waals surface area contributed by atoms with Crippen LogP contribution in [0.1, 0.15) is 27.2 Å². The first kappa shape index (κ1) is 15.4. The molecule has 0 aromatic rings. The molecule has 0 fully saturated rings. The maximum absolute atomic E-state index is 11.9. The zero-order valence-corrected chi connectivity index (χ0v) is 10.9. The van der Waals surface area contributed by atoms with Crippen LogP contribution < -0.4 is 0 Å². The van der Waals surface area contributed by atoms with Crippen LogP contribution in [0.4, 0.5) is 0 Å². The van der Waals surface area contributed by atoms with Crippen molar-refractivity contribution in [1.82, 2.24) is 0 Å². The highest BCUT2D eigenvalue weighted by Crippen LogP contribution is 2.49. The lowest BCUT2D eigenvalue weighted by Gasteiger charge is -2.12. The van der Waals surface area contributed by atoms with Crippen molar-refractivity contribution in [2.45, 2.75) is 27.2 Å². The van der Waals surface area contributed by atoms with Crippen molar-refractivity contribution >= 4 is 13.6 Å². The summed E-state index contributed by atoms with van der Waals surface area (Å²) in [5, 5.41) is 0. The van der Waals surface area contributed by atoms with Crippen LogP contribution in [0.5, 0.6) is 0 Å².